The first-order valence-electron chi connectivity index (χ1n) is 5.44. The van der Waals surface area contributed by atoms with Gasteiger partial charge in [-0.2, -0.15) is 0 Å². The number of likely N-dealkylation sites (N-methyl/N-ethyl adjacent to an activating group) is 1. The number of amides is 1. The van der Waals surface area contributed by atoms with Crippen LogP contribution >= 0.6 is 0 Å². The summed E-state index contributed by atoms with van der Waals surface area (Å²) in [6.45, 7) is 6.27. The van der Waals surface area contributed by atoms with Gasteiger partial charge >= 0.3 is 6.09 Å². The summed E-state index contributed by atoms with van der Waals surface area (Å²) in [7, 11) is 0. The largest absolute Gasteiger partial charge is 0.465 e. The van der Waals surface area contributed by atoms with Crippen LogP contribution in [0.15, 0.2) is 0 Å². The Morgan fingerprint density at radius 3 is 2.50 bits per heavy atom. The Hall–Kier alpha value is -0.770. The number of nitrogens with zero attached hydrogens (tertiary/aromatic N) is 2. The van der Waals surface area contributed by atoms with Gasteiger partial charge in [0.05, 0.1) is 0 Å². The second kappa shape index (κ2) is 5.86. The molecule has 0 saturated carbocycles. The molecule has 0 unspecified atom stereocenters. The number of hydrogen-bond donors (Lipinski definition) is 1. The molecule has 1 heterocycles. The summed E-state index contributed by atoms with van der Waals surface area (Å²) in [5.74, 6) is 0. The highest BCUT2D eigenvalue weighted by Gasteiger charge is 2.13. The van der Waals surface area contributed by atoms with Crippen LogP contribution in [0.4, 0.5) is 4.79 Å². The Balaban J connectivity index is 2.20. The maximum atomic E-state index is 10.7. The van der Waals surface area contributed by atoms with E-state index in [1.165, 1.54) is 24.2 Å². The molecule has 0 atom stereocenters. The van der Waals surface area contributed by atoms with Gasteiger partial charge in [-0.25, -0.2) is 4.79 Å². The van der Waals surface area contributed by atoms with E-state index in [0.717, 1.165) is 19.6 Å². The van der Waals surface area contributed by atoms with E-state index in [-0.39, 0.29) is 0 Å². The number of carboxylic acid groups (broad SMARTS) is 1. The Kier molecular flexibility index (Phi) is 4.73. The van der Waals surface area contributed by atoms with Crippen molar-refractivity contribution in [2.45, 2.75) is 26.2 Å². The lowest BCUT2D eigenvalue weighted by atomic mass is 10.1. The molecule has 82 valence electrons. The van der Waals surface area contributed by atoms with Gasteiger partial charge in [0.25, 0.3) is 0 Å². The average Bonchev–Trinajstić information content (AvgIpc) is 2.20. The Morgan fingerprint density at radius 1 is 1.36 bits per heavy atom. The Labute approximate surface area is 85.5 Å². The lowest BCUT2D eigenvalue weighted by molar-refractivity contribution is 0.135. The molecule has 0 bridgehead atoms. The van der Waals surface area contributed by atoms with Crippen molar-refractivity contribution in [3.8, 4) is 0 Å². The van der Waals surface area contributed by atoms with Crippen LogP contribution in [0.25, 0.3) is 0 Å². The molecular weight excluding hydrogens is 180 g/mol. The fourth-order valence-electron chi connectivity index (χ4n) is 1.83. The van der Waals surface area contributed by atoms with E-state index in [2.05, 4.69) is 4.90 Å². The summed E-state index contributed by atoms with van der Waals surface area (Å²) >= 11 is 0. The molecule has 4 heteroatoms. The van der Waals surface area contributed by atoms with Gasteiger partial charge in [0.2, 0.25) is 0 Å². The molecule has 1 amide bonds. The van der Waals surface area contributed by atoms with Crippen molar-refractivity contribution in [2.75, 3.05) is 32.7 Å². The van der Waals surface area contributed by atoms with Crippen molar-refractivity contribution in [3.05, 3.63) is 0 Å². The monoisotopic (exact) mass is 200 g/mol. The van der Waals surface area contributed by atoms with Gasteiger partial charge in [-0.3, -0.25) is 0 Å². The first-order chi connectivity index (χ1) is 6.74. The van der Waals surface area contributed by atoms with Gasteiger partial charge in [0.1, 0.15) is 0 Å². The average molecular weight is 200 g/mol. The molecule has 1 fully saturated rings. The maximum Gasteiger partial charge on any atom is 0.407 e. The summed E-state index contributed by atoms with van der Waals surface area (Å²) in [5.41, 5.74) is 0. The van der Waals surface area contributed by atoms with Crippen LogP contribution in [0, 0.1) is 0 Å². The van der Waals surface area contributed by atoms with Crippen molar-refractivity contribution in [3.63, 3.8) is 0 Å². The highest BCUT2D eigenvalue weighted by molar-refractivity contribution is 5.64. The molecular formula is C10H20N2O2. The summed E-state index contributed by atoms with van der Waals surface area (Å²) in [4.78, 5) is 14.5. The minimum Gasteiger partial charge on any atom is -0.465 e. The van der Waals surface area contributed by atoms with Gasteiger partial charge in [0, 0.05) is 19.6 Å². The van der Waals surface area contributed by atoms with Crippen molar-refractivity contribution in [1.29, 1.82) is 0 Å². The summed E-state index contributed by atoms with van der Waals surface area (Å²) < 4.78 is 0. The standard InChI is InChI=1S/C10H20N2O2/c1-2-12(10(13)14)9-8-11-6-4-3-5-7-11/h2-9H2,1H3,(H,13,14). The topological polar surface area (TPSA) is 43.8 Å². The van der Waals surface area contributed by atoms with Crippen LogP contribution < -0.4 is 0 Å². The van der Waals surface area contributed by atoms with Crippen molar-refractivity contribution in [2.24, 2.45) is 0 Å². The maximum absolute atomic E-state index is 10.7. The number of rotatable bonds is 4. The summed E-state index contributed by atoms with van der Waals surface area (Å²) in [6, 6.07) is 0. The van der Waals surface area contributed by atoms with Gasteiger partial charge < -0.3 is 14.9 Å². The molecule has 14 heavy (non-hydrogen) atoms. The number of piperidine rings is 1. The SMILES string of the molecule is CCN(CCN1CCCCC1)C(=O)O. The molecule has 0 aromatic carbocycles. The summed E-state index contributed by atoms with van der Waals surface area (Å²) in [5, 5.41) is 8.81. The normalized spacial score (nSPS) is 18.1. The third kappa shape index (κ3) is 3.54. The third-order valence-corrected chi connectivity index (χ3v) is 2.79. The zero-order valence-corrected chi connectivity index (χ0v) is 8.91. The van der Waals surface area contributed by atoms with Crippen molar-refractivity contribution < 1.29 is 9.90 Å². The van der Waals surface area contributed by atoms with Crippen LogP contribution in [0.3, 0.4) is 0 Å². The second-order valence-electron chi connectivity index (χ2n) is 3.76. The van der Waals surface area contributed by atoms with Gasteiger partial charge in [-0.1, -0.05) is 6.42 Å². The molecule has 0 aromatic heterocycles. The van der Waals surface area contributed by atoms with Crippen LogP contribution in [0.2, 0.25) is 0 Å². The lowest BCUT2D eigenvalue weighted by Gasteiger charge is -2.28. The highest BCUT2D eigenvalue weighted by Crippen LogP contribution is 2.08. The van der Waals surface area contributed by atoms with E-state index >= 15 is 0 Å². The van der Waals surface area contributed by atoms with Crippen LogP contribution in [0.5, 0.6) is 0 Å². The number of carbonyl (C=O) groups is 1. The van der Waals surface area contributed by atoms with E-state index < -0.39 is 6.09 Å². The zero-order valence-electron chi connectivity index (χ0n) is 8.91. The van der Waals surface area contributed by atoms with E-state index in [1.54, 1.807) is 0 Å². The van der Waals surface area contributed by atoms with Gasteiger partial charge in [-0.15, -0.1) is 0 Å². The molecule has 1 saturated heterocycles. The van der Waals surface area contributed by atoms with E-state index in [0.29, 0.717) is 13.1 Å². The predicted molar refractivity (Wildman–Crippen MR) is 55.6 cm³/mol. The Morgan fingerprint density at radius 2 is 2.00 bits per heavy atom. The van der Waals surface area contributed by atoms with Crippen LogP contribution in [0.1, 0.15) is 26.2 Å². The minimum absolute atomic E-state index is 0.586. The molecule has 0 radical (unpaired) electrons. The van der Waals surface area contributed by atoms with E-state index in [9.17, 15) is 4.79 Å². The van der Waals surface area contributed by atoms with Gasteiger partial charge in [0.15, 0.2) is 0 Å². The van der Waals surface area contributed by atoms with E-state index in [1.807, 2.05) is 6.92 Å². The van der Waals surface area contributed by atoms with Crippen LogP contribution in [-0.2, 0) is 0 Å². The number of likely N-dealkylation sites (tertiary alicyclic amines) is 1. The molecule has 0 aliphatic carbocycles. The Bertz CT molecular complexity index is 179. The summed E-state index contributed by atoms with van der Waals surface area (Å²) in [6.07, 6.45) is 3.05. The zero-order chi connectivity index (χ0) is 10.4. The molecule has 1 aliphatic rings. The minimum atomic E-state index is -0.801. The van der Waals surface area contributed by atoms with Crippen molar-refractivity contribution >= 4 is 6.09 Å². The first kappa shape index (κ1) is 11.3. The third-order valence-electron chi connectivity index (χ3n) is 2.79. The quantitative estimate of drug-likeness (QED) is 0.747. The first-order valence-corrected chi connectivity index (χ1v) is 5.44. The molecule has 1 N–H and O–H groups in total. The second-order valence-corrected chi connectivity index (χ2v) is 3.76. The fraction of sp³-hybridized carbons (Fsp3) is 0.900. The smallest absolute Gasteiger partial charge is 0.407 e. The van der Waals surface area contributed by atoms with Crippen molar-refractivity contribution in [1.82, 2.24) is 9.80 Å². The van der Waals surface area contributed by atoms with Gasteiger partial charge in [-0.05, 0) is 32.9 Å². The van der Waals surface area contributed by atoms with Crippen LogP contribution in [-0.4, -0.2) is 53.7 Å². The molecule has 1 rings (SSSR count). The fourth-order valence-corrected chi connectivity index (χ4v) is 1.83. The lowest BCUT2D eigenvalue weighted by Crippen LogP contribution is -2.39. The van der Waals surface area contributed by atoms with E-state index in [4.69, 9.17) is 5.11 Å². The molecule has 0 aromatic rings. The molecule has 0 spiro atoms. The molecule has 1 aliphatic heterocycles. The molecule has 4 nitrogen and oxygen atoms in total. The number of hydrogen-bond acceptors (Lipinski definition) is 2. The highest BCUT2D eigenvalue weighted by atomic mass is 16.4. The predicted octanol–water partition coefficient (Wildman–Crippen LogP) is 1.47.